The fraction of sp³-hybridized carbons (Fsp3) is 0.286. The van der Waals surface area contributed by atoms with Crippen LogP contribution >= 0.6 is 23.4 Å². The number of thioether (sulfide) groups is 1. The van der Waals surface area contributed by atoms with Gasteiger partial charge in [-0.05, 0) is 53.1 Å². The van der Waals surface area contributed by atoms with Crippen molar-refractivity contribution < 1.29 is 14.0 Å². The van der Waals surface area contributed by atoms with Gasteiger partial charge in [-0.3, -0.25) is 14.3 Å². The van der Waals surface area contributed by atoms with E-state index in [0.29, 0.717) is 37.0 Å². The van der Waals surface area contributed by atoms with Gasteiger partial charge in [-0.25, -0.2) is 4.39 Å². The van der Waals surface area contributed by atoms with E-state index in [4.69, 9.17) is 11.6 Å². The number of nitrogens with one attached hydrogen (secondary N) is 1. The Morgan fingerprint density at radius 2 is 1.67 bits per heavy atom. The summed E-state index contributed by atoms with van der Waals surface area (Å²) < 4.78 is 15.3. The Morgan fingerprint density at radius 1 is 1.00 bits per heavy atom. The highest BCUT2D eigenvalue weighted by atomic mass is 35.5. The van der Waals surface area contributed by atoms with E-state index in [1.54, 1.807) is 34.1 Å². The highest BCUT2D eigenvalue weighted by molar-refractivity contribution is 7.99. The number of aryl methyl sites for hydroxylation is 1. The largest absolute Gasteiger partial charge is 0.339 e. The number of likely N-dealkylation sites (N-methyl/N-ethyl adjacent to an activating group) is 1. The van der Waals surface area contributed by atoms with Gasteiger partial charge in [0.2, 0.25) is 5.91 Å². The molecular weight excluding hydrogens is 623 g/mol. The summed E-state index contributed by atoms with van der Waals surface area (Å²) in [5.74, 6) is 0.0401. The van der Waals surface area contributed by atoms with Crippen LogP contribution in [0, 0.1) is 5.82 Å². The van der Waals surface area contributed by atoms with Gasteiger partial charge in [0, 0.05) is 61.5 Å². The van der Waals surface area contributed by atoms with Crippen LogP contribution in [0.3, 0.4) is 0 Å². The highest BCUT2D eigenvalue weighted by Crippen LogP contribution is 2.29. The molecule has 1 atom stereocenters. The zero-order valence-electron chi connectivity index (χ0n) is 26.0. The molecule has 1 aromatic heterocycles. The van der Waals surface area contributed by atoms with Crippen molar-refractivity contribution in [1.29, 1.82) is 0 Å². The van der Waals surface area contributed by atoms with E-state index < -0.39 is 5.50 Å². The third-order valence-electron chi connectivity index (χ3n) is 7.65. The van der Waals surface area contributed by atoms with E-state index >= 15 is 0 Å². The quantitative estimate of drug-likeness (QED) is 0.170. The summed E-state index contributed by atoms with van der Waals surface area (Å²) in [5, 5.41) is 8.28. The summed E-state index contributed by atoms with van der Waals surface area (Å²) >= 11 is 7.58. The van der Waals surface area contributed by atoms with E-state index in [2.05, 4.69) is 22.5 Å². The second-order valence-electron chi connectivity index (χ2n) is 11.1. The first kappa shape index (κ1) is 33.2. The van der Waals surface area contributed by atoms with E-state index in [0.717, 1.165) is 34.4 Å². The standard InChI is InChI=1S/C35H38ClFN6O2S/c1-3-38-17-19-41(22-26-4-8-29(9-5-26)30-10-12-31(36)13-11-30)34(45)24-42-18-16-33(44)43(23-28-20-39-40(2)21-28)35(42)46-25-27-6-14-32(37)15-7-27/h4-16,18,20-21,35,38H,3,17,19,22-25H2,1-2H3. The van der Waals surface area contributed by atoms with Crippen LogP contribution in [0.2, 0.25) is 5.02 Å². The number of nitrogens with zero attached hydrogens (tertiary/aromatic N) is 5. The Labute approximate surface area is 278 Å². The number of halogens is 2. The Bertz CT molecular complexity index is 1630. The normalized spacial score (nSPS) is 14.6. The monoisotopic (exact) mass is 660 g/mol. The number of amides is 2. The van der Waals surface area contributed by atoms with Crippen molar-refractivity contribution in [3.8, 4) is 11.1 Å². The molecule has 4 aromatic rings. The van der Waals surface area contributed by atoms with Crippen molar-refractivity contribution >= 4 is 35.2 Å². The van der Waals surface area contributed by atoms with E-state index in [-0.39, 0.29) is 24.2 Å². The lowest BCUT2D eigenvalue weighted by Gasteiger charge is -2.41. The minimum Gasteiger partial charge on any atom is -0.339 e. The zero-order chi connectivity index (χ0) is 32.5. The molecule has 0 saturated carbocycles. The third-order valence-corrected chi connectivity index (χ3v) is 9.22. The molecule has 5 rings (SSSR count). The number of hydrogen-bond donors (Lipinski definition) is 1. The van der Waals surface area contributed by atoms with Crippen LogP contribution in [-0.2, 0) is 35.5 Å². The number of benzene rings is 3. The van der Waals surface area contributed by atoms with Gasteiger partial charge in [0.1, 0.15) is 5.82 Å². The van der Waals surface area contributed by atoms with Gasteiger partial charge in [0.15, 0.2) is 5.50 Å². The number of rotatable bonds is 14. The Kier molecular flexibility index (Phi) is 11.5. The Balaban J connectivity index is 1.33. The summed E-state index contributed by atoms with van der Waals surface area (Å²) in [6, 6.07) is 22.3. The predicted molar refractivity (Wildman–Crippen MR) is 182 cm³/mol. The average molecular weight is 661 g/mol. The van der Waals surface area contributed by atoms with Gasteiger partial charge in [-0.2, -0.15) is 5.10 Å². The molecular formula is C35H38ClFN6O2S. The molecule has 3 aromatic carbocycles. The highest BCUT2D eigenvalue weighted by Gasteiger charge is 2.33. The zero-order valence-corrected chi connectivity index (χ0v) is 27.6. The van der Waals surface area contributed by atoms with Crippen LogP contribution in [0.25, 0.3) is 11.1 Å². The van der Waals surface area contributed by atoms with Crippen molar-refractivity contribution in [3.63, 3.8) is 0 Å². The minimum atomic E-state index is -0.457. The molecule has 2 heterocycles. The van der Waals surface area contributed by atoms with Crippen molar-refractivity contribution in [2.75, 3.05) is 26.2 Å². The van der Waals surface area contributed by atoms with Crippen molar-refractivity contribution in [3.05, 3.63) is 125 Å². The summed E-state index contributed by atoms with van der Waals surface area (Å²) in [6.07, 6.45) is 6.84. The topological polar surface area (TPSA) is 73.7 Å². The van der Waals surface area contributed by atoms with Crippen molar-refractivity contribution in [1.82, 2.24) is 29.8 Å². The lowest BCUT2D eigenvalue weighted by Crippen LogP contribution is -2.52. The molecule has 0 radical (unpaired) electrons. The first-order chi connectivity index (χ1) is 22.3. The number of carbonyl (C=O) groups excluding carboxylic acids is 2. The van der Waals surface area contributed by atoms with Gasteiger partial charge >= 0.3 is 0 Å². The second-order valence-corrected chi connectivity index (χ2v) is 12.6. The molecule has 46 heavy (non-hydrogen) atoms. The van der Waals surface area contributed by atoms with Crippen molar-refractivity contribution in [2.45, 2.75) is 31.3 Å². The molecule has 2 amide bonds. The predicted octanol–water partition coefficient (Wildman–Crippen LogP) is 5.89. The fourth-order valence-corrected chi connectivity index (χ4v) is 6.55. The molecule has 1 aliphatic heterocycles. The van der Waals surface area contributed by atoms with E-state index in [1.165, 1.54) is 30.0 Å². The molecule has 11 heteroatoms. The van der Waals surface area contributed by atoms with Gasteiger partial charge in [-0.15, -0.1) is 11.8 Å². The first-order valence-corrected chi connectivity index (χ1v) is 16.6. The van der Waals surface area contributed by atoms with Gasteiger partial charge < -0.3 is 20.0 Å². The maximum absolute atomic E-state index is 14.0. The maximum Gasteiger partial charge on any atom is 0.250 e. The van der Waals surface area contributed by atoms with Crippen LogP contribution in [0.1, 0.15) is 23.6 Å². The van der Waals surface area contributed by atoms with Gasteiger partial charge in [0.25, 0.3) is 5.91 Å². The second kappa shape index (κ2) is 15.9. The molecule has 8 nitrogen and oxygen atoms in total. The molecule has 0 saturated heterocycles. The van der Waals surface area contributed by atoms with Crippen molar-refractivity contribution in [2.24, 2.45) is 7.05 Å². The maximum atomic E-state index is 14.0. The van der Waals surface area contributed by atoms with E-state index in [9.17, 15) is 14.0 Å². The number of hydrogen-bond acceptors (Lipinski definition) is 6. The van der Waals surface area contributed by atoms with Gasteiger partial charge in [0.05, 0.1) is 19.3 Å². The number of aromatic nitrogens is 2. The SMILES string of the molecule is CCNCCN(Cc1ccc(-c2ccc(Cl)cc2)cc1)C(=O)CN1C=CC(=O)N(Cc2cnn(C)c2)C1SCc1ccc(F)cc1. The molecule has 240 valence electrons. The Morgan fingerprint density at radius 3 is 2.33 bits per heavy atom. The molecule has 0 fully saturated rings. The number of carbonyl (C=O) groups is 2. The molecule has 1 unspecified atom stereocenters. The van der Waals surface area contributed by atoms with Crippen LogP contribution in [0.15, 0.2) is 97.5 Å². The van der Waals surface area contributed by atoms with Crippen LogP contribution in [-0.4, -0.2) is 68.0 Å². The van der Waals surface area contributed by atoms with Crippen LogP contribution < -0.4 is 5.32 Å². The lowest BCUT2D eigenvalue weighted by molar-refractivity contribution is -0.137. The summed E-state index contributed by atoms with van der Waals surface area (Å²) in [6.45, 7) is 4.92. The molecule has 1 aliphatic rings. The van der Waals surface area contributed by atoms with Crippen LogP contribution in [0.4, 0.5) is 4.39 Å². The first-order valence-electron chi connectivity index (χ1n) is 15.2. The van der Waals surface area contributed by atoms with Crippen LogP contribution in [0.5, 0.6) is 0 Å². The summed E-state index contributed by atoms with van der Waals surface area (Å²) in [4.78, 5) is 32.7. The smallest absolute Gasteiger partial charge is 0.250 e. The molecule has 0 aliphatic carbocycles. The molecule has 1 N–H and O–H groups in total. The molecule has 0 spiro atoms. The molecule has 0 bridgehead atoms. The lowest BCUT2D eigenvalue weighted by atomic mass is 10.0. The third kappa shape index (κ3) is 8.99. The Hall–Kier alpha value is -4.12. The fourth-order valence-electron chi connectivity index (χ4n) is 5.20. The summed E-state index contributed by atoms with van der Waals surface area (Å²) in [5.41, 5.74) is 4.52. The average Bonchev–Trinajstić information content (AvgIpc) is 3.47. The minimum absolute atomic E-state index is 0.0487. The summed E-state index contributed by atoms with van der Waals surface area (Å²) in [7, 11) is 1.83. The van der Waals surface area contributed by atoms with Gasteiger partial charge in [-0.1, -0.05) is 67.1 Å². The van der Waals surface area contributed by atoms with E-state index in [1.807, 2.05) is 66.4 Å².